The second kappa shape index (κ2) is 46.4. The fraction of sp³-hybridized carbons (Fsp3) is 0.740. The average Bonchev–Trinajstić information content (AvgIpc) is 3.24. The van der Waals surface area contributed by atoms with Gasteiger partial charge >= 0.3 is 13.8 Å². The van der Waals surface area contributed by atoms with Crippen LogP contribution in [0.5, 0.6) is 0 Å². The second-order valence-electron chi connectivity index (χ2n) is 15.7. The molecule has 0 amide bonds. The molecule has 348 valence electrons. The standard InChI is InChI=1S/C50H89O9P/c1-3-5-7-9-11-13-15-17-19-20-21-22-23-24-25-26-27-29-31-33-35-37-39-41-43-56-46-49(47-58-60(54,55)57-45-48(52)44-51)59-50(53)42-40-38-36-34-32-30-28-18-16-14-12-10-8-6-4-2/h5,7,11-14,17-19,21-22,28,48-49,51-52H,3-4,6,8-10,15-16,20,23-27,29-47H2,1-2H3,(H,54,55)/b7-5-,13-11-,14-12-,19-17-,22-21-,28-18-. The van der Waals surface area contributed by atoms with Gasteiger partial charge in [0.2, 0.25) is 0 Å². The van der Waals surface area contributed by atoms with E-state index in [0.717, 1.165) is 83.5 Å². The normalized spacial score (nSPS) is 14.6. The summed E-state index contributed by atoms with van der Waals surface area (Å²) < 4.78 is 33.4. The van der Waals surface area contributed by atoms with Crippen LogP contribution in [0.3, 0.4) is 0 Å². The molecule has 3 unspecified atom stereocenters. The zero-order valence-electron chi connectivity index (χ0n) is 38.2. The van der Waals surface area contributed by atoms with Crippen LogP contribution < -0.4 is 0 Å². The number of carbonyl (C=O) groups is 1. The van der Waals surface area contributed by atoms with Crippen molar-refractivity contribution in [1.29, 1.82) is 0 Å². The Morgan fingerprint density at radius 3 is 1.43 bits per heavy atom. The monoisotopic (exact) mass is 865 g/mol. The summed E-state index contributed by atoms with van der Waals surface area (Å²) in [6.45, 7) is 3.35. The fourth-order valence-electron chi connectivity index (χ4n) is 6.26. The number of rotatable bonds is 45. The second-order valence-corrected chi connectivity index (χ2v) is 17.2. The summed E-state index contributed by atoms with van der Waals surface area (Å²) >= 11 is 0. The molecule has 0 aliphatic carbocycles. The van der Waals surface area contributed by atoms with Crippen LogP contribution in [-0.4, -0.2) is 66.3 Å². The van der Waals surface area contributed by atoms with E-state index in [0.29, 0.717) is 13.0 Å². The number of phosphoric acid groups is 1. The van der Waals surface area contributed by atoms with Crippen molar-refractivity contribution in [2.24, 2.45) is 0 Å². The Bertz CT molecular complexity index is 1160. The van der Waals surface area contributed by atoms with Crippen molar-refractivity contribution in [3.8, 4) is 0 Å². The van der Waals surface area contributed by atoms with Crippen molar-refractivity contribution in [2.75, 3.05) is 33.0 Å². The van der Waals surface area contributed by atoms with Gasteiger partial charge < -0.3 is 24.6 Å². The number of ether oxygens (including phenoxy) is 2. The molecule has 0 aromatic heterocycles. The Morgan fingerprint density at radius 1 is 0.533 bits per heavy atom. The Morgan fingerprint density at radius 2 is 0.950 bits per heavy atom. The third-order valence-electron chi connectivity index (χ3n) is 9.88. The van der Waals surface area contributed by atoms with Gasteiger partial charge in [-0.15, -0.1) is 0 Å². The molecule has 0 aliphatic rings. The molecule has 0 saturated heterocycles. The van der Waals surface area contributed by atoms with Gasteiger partial charge in [0.15, 0.2) is 0 Å². The zero-order chi connectivity index (χ0) is 43.9. The molecular formula is C50H89O9P. The van der Waals surface area contributed by atoms with Crippen LogP contribution in [-0.2, 0) is 27.9 Å². The first-order valence-electron chi connectivity index (χ1n) is 23.9. The molecule has 0 aliphatic heterocycles. The van der Waals surface area contributed by atoms with E-state index in [2.05, 4.69) is 86.8 Å². The number of hydrogen-bond acceptors (Lipinski definition) is 8. The lowest BCUT2D eigenvalue weighted by Gasteiger charge is -2.20. The fourth-order valence-corrected chi connectivity index (χ4v) is 7.05. The third-order valence-corrected chi connectivity index (χ3v) is 10.8. The molecule has 60 heavy (non-hydrogen) atoms. The SMILES string of the molecule is CC/C=C\C/C=C\C/C=C\C/C=C\CCCCCCCCCCCCCOCC(COP(=O)(O)OCC(O)CO)OC(=O)CCCCCCC/C=C\C/C=C\CCCCC. The molecule has 3 N–H and O–H groups in total. The van der Waals surface area contributed by atoms with E-state index in [1.165, 1.54) is 83.5 Å². The molecule has 3 atom stereocenters. The molecule has 0 saturated carbocycles. The van der Waals surface area contributed by atoms with E-state index in [-0.39, 0.29) is 19.6 Å². The van der Waals surface area contributed by atoms with Crippen molar-refractivity contribution in [2.45, 2.75) is 206 Å². The molecule has 0 fully saturated rings. The van der Waals surface area contributed by atoms with Gasteiger partial charge in [-0.05, 0) is 83.5 Å². The van der Waals surface area contributed by atoms with Gasteiger partial charge in [0, 0.05) is 13.0 Å². The highest BCUT2D eigenvalue weighted by molar-refractivity contribution is 7.47. The summed E-state index contributed by atoms with van der Waals surface area (Å²) in [5.41, 5.74) is 0. The lowest BCUT2D eigenvalue weighted by Crippen LogP contribution is -2.29. The Kier molecular flexibility index (Phi) is 44.8. The number of phosphoric ester groups is 1. The highest BCUT2D eigenvalue weighted by Gasteiger charge is 2.26. The van der Waals surface area contributed by atoms with Gasteiger partial charge in [0.1, 0.15) is 12.2 Å². The van der Waals surface area contributed by atoms with E-state index in [1.54, 1.807) is 0 Å². The molecule has 0 aromatic rings. The number of unbranched alkanes of at least 4 members (excludes halogenated alkanes) is 19. The first-order valence-corrected chi connectivity index (χ1v) is 25.4. The minimum absolute atomic E-state index is 0.0383. The van der Waals surface area contributed by atoms with Gasteiger partial charge in [-0.3, -0.25) is 13.8 Å². The third kappa shape index (κ3) is 45.4. The molecule has 10 heteroatoms. The lowest BCUT2D eigenvalue weighted by atomic mass is 10.1. The largest absolute Gasteiger partial charge is 0.472 e. The molecule has 0 aromatic carbocycles. The van der Waals surface area contributed by atoms with Crippen molar-refractivity contribution in [3.63, 3.8) is 0 Å². The molecule has 0 heterocycles. The van der Waals surface area contributed by atoms with Crippen LogP contribution >= 0.6 is 7.82 Å². The van der Waals surface area contributed by atoms with Gasteiger partial charge in [-0.2, -0.15) is 0 Å². The van der Waals surface area contributed by atoms with E-state index in [1.807, 2.05) is 0 Å². The summed E-state index contributed by atoms with van der Waals surface area (Å²) in [5, 5.41) is 18.4. The van der Waals surface area contributed by atoms with Crippen molar-refractivity contribution >= 4 is 13.8 Å². The Labute approximate surface area is 367 Å². The van der Waals surface area contributed by atoms with Crippen molar-refractivity contribution in [1.82, 2.24) is 0 Å². The topological polar surface area (TPSA) is 132 Å². The van der Waals surface area contributed by atoms with Crippen LogP contribution in [0, 0.1) is 0 Å². The van der Waals surface area contributed by atoms with E-state index >= 15 is 0 Å². The van der Waals surface area contributed by atoms with E-state index in [9.17, 15) is 19.4 Å². The number of aliphatic hydroxyl groups excluding tert-OH is 2. The average molecular weight is 865 g/mol. The molecule has 0 radical (unpaired) electrons. The maximum atomic E-state index is 12.6. The highest BCUT2D eigenvalue weighted by atomic mass is 31.2. The summed E-state index contributed by atoms with van der Waals surface area (Å²) in [6.07, 6.45) is 55.8. The summed E-state index contributed by atoms with van der Waals surface area (Å²) in [4.78, 5) is 22.6. The minimum Gasteiger partial charge on any atom is -0.457 e. The quantitative estimate of drug-likeness (QED) is 0.0237. The van der Waals surface area contributed by atoms with Crippen molar-refractivity contribution < 1.29 is 43.0 Å². The highest BCUT2D eigenvalue weighted by Crippen LogP contribution is 2.43. The maximum Gasteiger partial charge on any atom is 0.472 e. The summed E-state index contributed by atoms with van der Waals surface area (Å²) in [7, 11) is -4.53. The zero-order valence-corrected chi connectivity index (χ0v) is 39.1. The lowest BCUT2D eigenvalue weighted by molar-refractivity contribution is -0.154. The number of allylic oxidation sites excluding steroid dienone is 12. The molecule has 9 nitrogen and oxygen atoms in total. The van der Waals surface area contributed by atoms with Crippen molar-refractivity contribution in [3.05, 3.63) is 72.9 Å². The number of aliphatic hydroxyl groups is 2. The Hall–Kier alpha value is -2.10. The van der Waals surface area contributed by atoms with E-state index < -0.39 is 39.2 Å². The molecule has 0 spiro atoms. The Balaban J connectivity index is 4.10. The molecule has 0 rings (SSSR count). The van der Waals surface area contributed by atoms with E-state index in [4.69, 9.17) is 23.6 Å². The minimum atomic E-state index is -4.53. The predicted molar refractivity (Wildman–Crippen MR) is 251 cm³/mol. The number of carbonyl (C=O) groups excluding carboxylic acids is 1. The first kappa shape index (κ1) is 57.9. The number of hydrogen-bond donors (Lipinski definition) is 3. The predicted octanol–water partition coefficient (Wildman–Crippen LogP) is 13.7. The summed E-state index contributed by atoms with van der Waals surface area (Å²) in [5.74, 6) is -0.399. The first-order chi connectivity index (χ1) is 29.3. The van der Waals surface area contributed by atoms with Crippen LogP contribution in [0.2, 0.25) is 0 Å². The van der Waals surface area contributed by atoms with Gasteiger partial charge in [0.05, 0.1) is 26.4 Å². The van der Waals surface area contributed by atoms with Crippen LogP contribution in [0.25, 0.3) is 0 Å². The smallest absolute Gasteiger partial charge is 0.457 e. The van der Waals surface area contributed by atoms with Gasteiger partial charge in [0.25, 0.3) is 0 Å². The number of esters is 1. The molecular weight excluding hydrogens is 776 g/mol. The van der Waals surface area contributed by atoms with Gasteiger partial charge in [-0.1, -0.05) is 177 Å². The summed E-state index contributed by atoms with van der Waals surface area (Å²) in [6, 6.07) is 0. The van der Waals surface area contributed by atoms with Crippen LogP contribution in [0.15, 0.2) is 72.9 Å². The van der Waals surface area contributed by atoms with Crippen LogP contribution in [0.1, 0.15) is 194 Å². The maximum absolute atomic E-state index is 12.6. The van der Waals surface area contributed by atoms with Crippen LogP contribution in [0.4, 0.5) is 0 Å². The van der Waals surface area contributed by atoms with Gasteiger partial charge in [-0.25, -0.2) is 4.57 Å². The molecule has 0 bridgehead atoms.